The molecule has 0 amide bonds. The van der Waals surface area contributed by atoms with Gasteiger partial charge in [0.25, 0.3) is 0 Å². The molecule has 0 unspecified atom stereocenters. The van der Waals surface area contributed by atoms with Crippen LogP contribution in [-0.4, -0.2) is 25.8 Å². The number of alkyl halides is 1. The van der Waals surface area contributed by atoms with Crippen molar-refractivity contribution in [2.24, 2.45) is 5.92 Å². The zero-order chi connectivity index (χ0) is 14.0. The fourth-order valence-electron chi connectivity index (χ4n) is 2.20. The maximum absolute atomic E-state index is 12.8. The van der Waals surface area contributed by atoms with E-state index in [4.69, 9.17) is 11.6 Å². The van der Waals surface area contributed by atoms with E-state index in [1.54, 1.807) is 4.31 Å². The first kappa shape index (κ1) is 15.3. The van der Waals surface area contributed by atoms with E-state index >= 15 is 0 Å². The normalized spacial score (nSPS) is 16.2. The molecule has 0 spiro atoms. The molecular weight excluding hydrogens is 302 g/mol. The summed E-state index contributed by atoms with van der Waals surface area (Å²) in [5.41, 5.74) is 0.817. The monoisotopic (exact) mass is 321 g/mol. The van der Waals surface area contributed by atoms with Gasteiger partial charge in [-0.3, -0.25) is 0 Å². The second-order valence-electron chi connectivity index (χ2n) is 5.11. The van der Waals surface area contributed by atoms with Crippen molar-refractivity contribution in [1.82, 2.24) is 4.31 Å². The maximum atomic E-state index is 12.8. The number of thiophene rings is 1. The SMILES string of the molecule is CCCN(CC1CC1)S(=O)(=O)c1c(C)csc1CCl. The molecule has 0 atom stereocenters. The molecule has 0 aromatic carbocycles. The van der Waals surface area contributed by atoms with Crippen molar-refractivity contribution in [3.05, 3.63) is 15.8 Å². The summed E-state index contributed by atoms with van der Waals surface area (Å²) in [6, 6.07) is 0. The van der Waals surface area contributed by atoms with Gasteiger partial charge < -0.3 is 0 Å². The van der Waals surface area contributed by atoms with Crippen molar-refractivity contribution >= 4 is 33.0 Å². The highest BCUT2D eigenvalue weighted by Gasteiger charge is 2.33. The number of rotatable bonds is 7. The number of aryl methyl sites for hydroxylation is 1. The molecule has 1 heterocycles. The molecule has 0 saturated heterocycles. The van der Waals surface area contributed by atoms with Crippen molar-refractivity contribution in [2.75, 3.05) is 13.1 Å². The van der Waals surface area contributed by atoms with Gasteiger partial charge in [-0.1, -0.05) is 6.92 Å². The van der Waals surface area contributed by atoms with Crippen molar-refractivity contribution in [3.8, 4) is 0 Å². The van der Waals surface area contributed by atoms with E-state index in [9.17, 15) is 8.42 Å². The average Bonchev–Trinajstić information content (AvgIpc) is 3.09. The van der Waals surface area contributed by atoms with E-state index < -0.39 is 10.0 Å². The van der Waals surface area contributed by atoms with Gasteiger partial charge in [0, 0.05) is 18.0 Å². The van der Waals surface area contributed by atoms with Crippen LogP contribution < -0.4 is 0 Å². The van der Waals surface area contributed by atoms with Crippen LogP contribution in [0.4, 0.5) is 0 Å². The predicted molar refractivity (Wildman–Crippen MR) is 80.4 cm³/mol. The Kier molecular flexibility index (Phi) is 4.93. The highest BCUT2D eigenvalue weighted by Crippen LogP contribution is 2.35. The van der Waals surface area contributed by atoms with E-state index in [1.165, 1.54) is 11.3 Å². The van der Waals surface area contributed by atoms with Gasteiger partial charge in [-0.25, -0.2) is 8.42 Å². The molecule has 1 aromatic heterocycles. The highest BCUT2D eigenvalue weighted by molar-refractivity contribution is 7.89. The second kappa shape index (κ2) is 6.12. The molecule has 2 rings (SSSR count). The van der Waals surface area contributed by atoms with E-state index in [0.717, 1.165) is 29.7 Å². The van der Waals surface area contributed by atoms with Crippen LogP contribution in [0, 0.1) is 12.8 Å². The molecule has 0 bridgehead atoms. The third kappa shape index (κ3) is 3.32. The summed E-state index contributed by atoms with van der Waals surface area (Å²) in [6.45, 7) is 5.11. The Bertz CT molecular complexity index is 535. The van der Waals surface area contributed by atoms with Gasteiger partial charge in [0.05, 0.1) is 5.88 Å². The van der Waals surface area contributed by atoms with Crippen LogP contribution in [0.15, 0.2) is 10.3 Å². The molecule has 3 nitrogen and oxygen atoms in total. The fourth-order valence-corrected chi connectivity index (χ4v) is 5.82. The number of nitrogens with zero attached hydrogens (tertiary/aromatic N) is 1. The highest BCUT2D eigenvalue weighted by atomic mass is 35.5. The van der Waals surface area contributed by atoms with Gasteiger partial charge in [-0.05, 0) is 43.0 Å². The molecule has 0 N–H and O–H groups in total. The molecule has 1 aliphatic rings. The van der Waals surface area contributed by atoms with E-state index in [2.05, 4.69) is 0 Å². The summed E-state index contributed by atoms with van der Waals surface area (Å²) in [7, 11) is -3.39. The molecule has 1 aliphatic carbocycles. The zero-order valence-corrected chi connectivity index (χ0v) is 13.7. The zero-order valence-electron chi connectivity index (χ0n) is 11.4. The molecule has 1 saturated carbocycles. The van der Waals surface area contributed by atoms with Crippen molar-refractivity contribution < 1.29 is 8.42 Å². The van der Waals surface area contributed by atoms with Gasteiger partial charge >= 0.3 is 0 Å². The van der Waals surface area contributed by atoms with Crippen molar-refractivity contribution in [1.29, 1.82) is 0 Å². The van der Waals surface area contributed by atoms with Crippen LogP contribution in [0.2, 0.25) is 0 Å². The van der Waals surface area contributed by atoms with Crippen LogP contribution in [-0.2, 0) is 15.9 Å². The predicted octanol–water partition coefficient (Wildman–Crippen LogP) is 3.61. The molecule has 108 valence electrons. The topological polar surface area (TPSA) is 37.4 Å². The minimum absolute atomic E-state index is 0.260. The van der Waals surface area contributed by atoms with Gasteiger partial charge in [0.1, 0.15) is 4.90 Å². The number of hydrogen-bond acceptors (Lipinski definition) is 3. The summed E-state index contributed by atoms with van der Waals surface area (Å²) >= 11 is 7.31. The van der Waals surface area contributed by atoms with Crippen LogP contribution in [0.5, 0.6) is 0 Å². The smallest absolute Gasteiger partial charge is 0.207 e. The average molecular weight is 322 g/mol. The van der Waals surface area contributed by atoms with Gasteiger partial charge in [-0.15, -0.1) is 22.9 Å². The summed E-state index contributed by atoms with van der Waals surface area (Å²) in [5, 5.41) is 1.88. The number of hydrogen-bond donors (Lipinski definition) is 0. The summed E-state index contributed by atoms with van der Waals surface area (Å²) in [5.74, 6) is 0.816. The lowest BCUT2D eigenvalue weighted by Gasteiger charge is -2.22. The van der Waals surface area contributed by atoms with E-state index in [0.29, 0.717) is 23.9 Å². The Morgan fingerprint density at radius 3 is 2.68 bits per heavy atom. The van der Waals surface area contributed by atoms with Crippen LogP contribution in [0.3, 0.4) is 0 Å². The van der Waals surface area contributed by atoms with Crippen LogP contribution in [0.25, 0.3) is 0 Å². The minimum Gasteiger partial charge on any atom is -0.207 e. The Hall–Kier alpha value is -0.100. The third-order valence-corrected chi connectivity index (χ3v) is 7.10. The fraction of sp³-hybridized carbons (Fsp3) is 0.692. The molecule has 0 radical (unpaired) electrons. The molecule has 1 fully saturated rings. The first-order valence-corrected chi connectivity index (χ1v) is 9.49. The van der Waals surface area contributed by atoms with Gasteiger partial charge in [0.15, 0.2) is 0 Å². The largest absolute Gasteiger partial charge is 0.244 e. The van der Waals surface area contributed by atoms with Crippen molar-refractivity contribution in [2.45, 2.75) is 43.9 Å². The molecule has 0 aliphatic heterocycles. The summed E-state index contributed by atoms with van der Waals surface area (Å²) < 4.78 is 27.3. The lowest BCUT2D eigenvalue weighted by Crippen LogP contribution is -2.34. The first-order valence-electron chi connectivity index (χ1n) is 6.63. The minimum atomic E-state index is -3.39. The quantitative estimate of drug-likeness (QED) is 0.719. The molecule has 19 heavy (non-hydrogen) atoms. The number of halogens is 1. The van der Waals surface area contributed by atoms with E-state index in [-0.39, 0.29) is 5.88 Å². The summed E-state index contributed by atoms with van der Waals surface area (Å²) in [6.07, 6.45) is 3.15. The molecule has 1 aromatic rings. The Balaban J connectivity index is 2.34. The molecular formula is C13H20ClNO2S2. The molecule has 6 heteroatoms. The Morgan fingerprint density at radius 1 is 1.47 bits per heavy atom. The van der Waals surface area contributed by atoms with Crippen molar-refractivity contribution in [3.63, 3.8) is 0 Å². The second-order valence-corrected chi connectivity index (χ2v) is 8.22. The first-order chi connectivity index (χ1) is 9.00. The van der Waals surface area contributed by atoms with Crippen LogP contribution in [0.1, 0.15) is 36.6 Å². The lowest BCUT2D eigenvalue weighted by molar-refractivity contribution is 0.395. The lowest BCUT2D eigenvalue weighted by atomic mass is 10.3. The van der Waals surface area contributed by atoms with Gasteiger partial charge in [-0.2, -0.15) is 4.31 Å². The maximum Gasteiger partial charge on any atom is 0.244 e. The standard InChI is InChI=1S/C13H20ClNO2S2/c1-3-6-15(8-11-4-5-11)19(16,17)13-10(2)9-18-12(13)7-14/h9,11H,3-8H2,1-2H3. The Morgan fingerprint density at radius 2 is 2.16 bits per heavy atom. The van der Waals surface area contributed by atoms with Crippen LogP contribution >= 0.6 is 22.9 Å². The Labute approximate surface area is 124 Å². The van der Waals surface area contributed by atoms with Gasteiger partial charge in [0.2, 0.25) is 10.0 Å². The summed E-state index contributed by atoms with van der Waals surface area (Å²) in [4.78, 5) is 1.21. The third-order valence-electron chi connectivity index (χ3n) is 3.34. The number of sulfonamides is 1. The van der Waals surface area contributed by atoms with E-state index in [1.807, 2.05) is 19.2 Å².